The molecule has 0 radical (unpaired) electrons. The second kappa shape index (κ2) is 9.32. The summed E-state index contributed by atoms with van der Waals surface area (Å²) >= 11 is 1.66. The van der Waals surface area contributed by atoms with Gasteiger partial charge in [0.05, 0.1) is 24.4 Å². The molecule has 0 atom stereocenters. The molecule has 28 heavy (non-hydrogen) atoms. The smallest absolute Gasteiger partial charge is 0.194 e. The number of aromatic amines is 1. The van der Waals surface area contributed by atoms with Crippen LogP contribution >= 0.6 is 11.3 Å². The monoisotopic (exact) mass is 399 g/mol. The molecule has 2 heterocycles. The third-order valence-corrected chi connectivity index (χ3v) is 4.84. The number of aliphatic imine (C=N–C) groups is 1. The molecule has 0 aliphatic heterocycles. The number of nitrogens with one attached hydrogen (secondary N) is 2. The van der Waals surface area contributed by atoms with Crippen molar-refractivity contribution in [3.8, 4) is 17.1 Å². The Morgan fingerprint density at radius 1 is 1.29 bits per heavy atom. The molecule has 2 N–H and O–H groups in total. The fourth-order valence-corrected chi connectivity index (χ4v) is 3.26. The summed E-state index contributed by atoms with van der Waals surface area (Å²) < 4.78 is 5.18. The van der Waals surface area contributed by atoms with Crippen molar-refractivity contribution in [3.05, 3.63) is 46.2 Å². The molecule has 0 aliphatic carbocycles. The van der Waals surface area contributed by atoms with E-state index in [9.17, 15) is 0 Å². The van der Waals surface area contributed by atoms with E-state index in [1.165, 1.54) is 0 Å². The highest BCUT2D eigenvalue weighted by molar-refractivity contribution is 7.09. The molecule has 0 saturated heterocycles. The summed E-state index contributed by atoms with van der Waals surface area (Å²) in [6.45, 7) is 5.95. The predicted molar refractivity (Wildman–Crippen MR) is 112 cm³/mol. The van der Waals surface area contributed by atoms with Crippen molar-refractivity contribution in [1.82, 2.24) is 30.4 Å². The maximum Gasteiger partial charge on any atom is 0.194 e. The summed E-state index contributed by atoms with van der Waals surface area (Å²) in [6.07, 6.45) is 0. The Labute approximate surface area is 168 Å². The van der Waals surface area contributed by atoms with E-state index >= 15 is 0 Å². The number of ether oxygens (including phenoxy) is 1. The first-order chi connectivity index (χ1) is 13.6. The van der Waals surface area contributed by atoms with E-state index in [4.69, 9.17) is 4.74 Å². The number of H-pyrrole nitrogens is 1. The van der Waals surface area contributed by atoms with Crippen LogP contribution in [0.4, 0.5) is 0 Å². The van der Waals surface area contributed by atoms with Gasteiger partial charge >= 0.3 is 0 Å². The Morgan fingerprint density at radius 2 is 2.07 bits per heavy atom. The molecule has 9 heteroatoms. The minimum atomic E-state index is 0.409. The van der Waals surface area contributed by atoms with Crippen molar-refractivity contribution in [1.29, 1.82) is 0 Å². The number of aromatic nitrogens is 4. The van der Waals surface area contributed by atoms with Gasteiger partial charge in [-0.2, -0.15) is 5.10 Å². The van der Waals surface area contributed by atoms with Crippen LogP contribution in [0.25, 0.3) is 11.4 Å². The zero-order valence-electron chi connectivity index (χ0n) is 16.6. The van der Waals surface area contributed by atoms with Crippen LogP contribution in [-0.2, 0) is 13.1 Å². The third-order valence-electron chi connectivity index (χ3n) is 4.02. The van der Waals surface area contributed by atoms with Crippen LogP contribution in [-0.4, -0.2) is 51.7 Å². The van der Waals surface area contributed by atoms with Crippen molar-refractivity contribution in [2.24, 2.45) is 4.99 Å². The standard InChI is InChI=1S/C19H25N7OS/c1-5-20-19(26(3)11-15-12-28-13(2)22-15)21-10-17-23-18(25-24-17)14-6-8-16(27-4)9-7-14/h6-9,12H,5,10-11H2,1-4H3,(H,20,21)(H,23,24,25). The SMILES string of the molecule is CCNC(=NCc1nc(-c2ccc(OC)cc2)n[nH]1)N(C)Cc1csc(C)n1. The Balaban J connectivity index is 1.67. The Morgan fingerprint density at radius 3 is 2.71 bits per heavy atom. The molecule has 148 valence electrons. The number of guanidine groups is 1. The van der Waals surface area contributed by atoms with Crippen molar-refractivity contribution < 1.29 is 4.74 Å². The molecule has 3 rings (SSSR count). The molecule has 8 nitrogen and oxygen atoms in total. The van der Waals surface area contributed by atoms with Crippen LogP contribution in [0.3, 0.4) is 0 Å². The lowest BCUT2D eigenvalue weighted by Gasteiger charge is -2.20. The minimum absolute atomic E-state index is 0.409. The average Bonchev–Trinajstić information content (AvgIpc) is 3.34. The van der Waals surface area contributed by atoms with E-state index in [0.717, 1.165) is 34.5 Å². The van der Waals surface area contributed by atoms with Crippen LogP contribution in [0.2, 0.25) is 0 Å². The summed E-state index contributed by atoms with van der Waals surface area (Å²) in [5.41, 5.74) is 1.97. The Bertz CT molecular complexity index is 917. The van der Waals surface area contributed by atoms with Gasteiger partial charge < -0.3 is 15.0 Å². The first kappa shape index (κ1) is 19.8. The maximum absolute atomic E-state index is 5.18. The van der Waals surface area contributed by atoms with Gasteiger partial charge in [-0.3, -0.25) is 5.10 Å². The fraction of sp³-hybridized carbons (Fsp3) is 0.368. The van der Waals surface area contributed by atoms with E-state index < -0.39 is 0 Å². The Kier molecular flexibility index (Phi) is 6.59. The first-order valence-corrected chi connectivity index (χ1v) is 9.93. The zero-order chi connectivity index (χ0) is 19.9. The van der Waals surface area contributed by atoms with Gasteiger partial charge in [0.15, 0.2) is 11.8 Å². The molecular weight excluding hydrogens is 374 g/mol. The largest absolute Gasteiger partial charge is 0.497 e. The molecule has 0 saturated carbocycles. The molecule has 0 amide bonds. The Hall–Kier alpha value is -2.94. The third kappa shape index (κ3) is 5.07. The lowest BCUT2D eigenvalue weighted by molar-refractivity contribution is 0.415. The molecule has 0 bridgehead atoms. The van der Waals surface area contributed by atoms with E-state index in [2.05, 4.69) is 40.8 Å². The highest BCUT2D eigenvalue weighted by atomic mass is 32.1. The van der Waals surface area contributed by atoms with Crippen molar-refractivity contribution in [2.45, 2.75) is 26.9 Å². The molecule has 3 aromatic rings. The summed E-state index contributed by atoms with van der Waals surface area (Å²) in [5, 5.41) is 13.7. The molecule has 1 aromatic carbocycles. The van der Waals surface area contributed by atoms with Gasteiger partial charge in [-0.1, -0.05) is 0 Å². The number of hydrogen-bond acceptors (Lipinski definition) is 6. The van der Waals surface area contributed by atoms with Crippen molar-refractivity contribution in [2.75, 3.05) is 20.7 Å². The summed E-state index contributed by atoms with van der Waals surface area (Å²) in [5.74, 6) is 2.96. The number of benzene rings is 1. The topological polar surface area (TPSA) is 91.3 Å². The highest BCUT2D eigenvalue weighted by Crippen LogP contribution is 2.19. The van der Waals surface area contributed by atoms with Crippen LogP contribution < -0.4 is 10.1 Å². The van der Waals surface area contributed by atoms with Crippen LogP contribution in [0.1, 0.15) is 23.4 Å². The summed E-state index contributed by atoms with van der Waals surface area (Å²) in [6, 6.07) is 7.65. The van der Waals surface area contributed by atoms with Crippen molar-refractivity contribution >= 4 is 17.3 Å². The highest BCUT2D eigenvalue weighted by Gasteiger charge is 2.10. The van der Waals surface area contributed by atoms with Gasteiger partial charge in [0.1, 0.15) is 18.1 Å². The molecule has 0 fully saturated rings. The fourth-order valence-electron chi connectivity index (χ4n) is 2.65. The lowest BCUT2D eigenvalue weighted by atomic mass is 10.2. The molecular formula is C19H25N7OS. The molecule has 2 aromatic heterocycles. The van der Waals surface area contributed by atoms with E-state index in [1.54, 1.807) is 18.4 Å². The van der Waals surface area contributed by atoms with Gasteiger partial charge in [-0.15, -0.1) is 11.3 Å². The summed E-state index contributed by atoms with van der Waals surface area (Å²) in [7, 11) is 3.64. The van der Waals surface area contributed by atoms with E-state index in [1.807, 2.05) is 45.2 Å². The predicted octanol–water partition coefficient (Wildman–Crippen LogP) is 2.84. The normalized spacial score (nSPS) is 11.5. The zero-order valence-corrected chi connectivity index (χ0v) is 17.4. The molecule has 0 unspecified atom stereocenters. The number of hydrogen-bond donors (Lipinski definition) is 2. The van der Waals surface area contributed by atoms with E-state index in [-0.39, 0.29) is 0 Å². The van der Waals surface area contributed by atoms with E-state index in [0.29, 0.717) is 24.7 Å². The van der Waals surface area contributed by atoms with Gasteiger partial charge in [-0.05, 0) is 38.1 Å². The van der Waals surface area contributed by atoms with Gasteiger partial charge in [-0.25, -0.2) is 15.0 Å². The van der Waals surface area contributed by atoms with Crippen LogP contribution in [0.15, 0.2) is 34.6 Å². The second-order valence-corrected chi connectivity index (χ2v) is 7.28. The number of nitrogens with zero attached hydrogens (tertiary/aromatic N) is 5. The van der Waals surface area contributed by atoms with Gasteiger partial charge in [0.25, 0.3) is 0 Å². The van der Waals surface area contributed by atoms with Crippen molar-refractivity contribution in [3.63, 3.8) is 0 Å². The minimum Gasteiger partial charge on any atom is -0.497 e. The van der Waals surface area contributed by atoms with Crippen LogP contribution in [0, 0.1) is 6.92 Å². The lowest BCUT2D eigenvalue weighted by Crippen LogP contribution is -2.38. The molecule has 0 spiro atoms. The average molecular weight is 400 g/mol. The quantitative estimate of drug-likeness (QED) is 0.469. The van der Waals surface area contributed by atoms with Gasteiger partial charge in [0.2, 0.25) is 0 Å². The number of thiazole rings is 1. The number of rotatable bonds is 7. The second-order valence-electron chi connectivity index (χ2n) is 6.22. The first-order valence-electron chi connectivity index (χ1n) is 9.05. The maximum atomic E-state index is 5.18. The molecule has 0 aliphatic rings. The number of aryl methyl sites for hydroxylation is 1. The van der Waals surface area contributed by atoms with Crippen LogP contribution in [0.5, 0.6) is 5.75 Å². The summed E-state index contributed by atoms with van der Waals surface area (Å²) in [4.78, 5) is 15.8. The number of methoxy groups -OCH3 is 1. The van der Waals surface area contributed by atoms with Gasteiger partial charge in [0, 0.05) is 24.5 Å².